The molecule has 3 rings (SSSR count). The number of nitrogens with one attached hydrogen (secondary N) is 1. The highest BCUT2D eigenvalue weighted by atomic mass is 19.1. The Labute approximate surface area is 121 Å². The third kappa shape index (κ3) is 2.54. The van der Waals surface area contributed by atoms with E-state index in [9.17, 15) is 14.3 Å². The molecular formula is C15H16FN3O2. The van der Waals surface area contributed by atoms with Crippen molar-refractivity contribution in [1.82, 2.24) is 15.1 Å². The molecule has 2 heterocycles. The van der Waals surface area contributed by atoms with E-state index in [-0.39, 0.29) is 24.3 Å². The second-order valence-corrected chi connectivity index (χ2v) is 5.33. The number of aromatic nitrogens is 2. The molecule has 2 aromatic rings. The number of carbonyl (C=O) groups excluding carboxylic acids is 1. The van der Waals surface area contributed by atoms with Gasteiger partial charge in [0.1, 0.15) is 5.82 Å². The van der Waals surface area contributed by atoms with Crippen molar-refractivity contribution in [3.63, 3.8) is 0 Å². The number of nitrogens with zero attached hydrogens (tertiary/aromatic N) is 2. The van der Waals surface area contributed by atoms with Crippen LogP contribution < -0.4 is 0 Å². The Hall–Kier alpha value is -2.21. The number of aliphatic hydroxyl groups is 1. The average molecular weight is 289 g/mol. The molecule has 5 nitrogen and oxygen atoms in total. The number of H-pyrrole nitrogens is 1. The van der Waals surface area contributed by atoms with Gasteiger partial charge in [0.2, 0.25) is 0 Å². The molecule has 1 fully saturated rings. The van der Waals surface area contributed by atoms with Gasteiger partial charge in [-0.3, -0.25) is 9.89 Å². The number of hydrogen-bond donors (Lipinski definition) is 2. The van der Waals surface area contributed by atoms with Gasteiger partial charge in [-0.05, 0) is 31.0 Å². The Balaban J connectivity index is 1.93. The van der Waals surface area contributed by atoms with E-state index in [2.05, 4.69) is 10.2 Å². The van der Waals surface area contributed by atoms with E-state index in [0.717, 1.165) is 0 Å². The molecule has 2 unspecified atom stereocenters. The maximum Gasteiger partial charge on any atom is 0.257 e. The molecule has 110 valence electrons. The number of rotatable bonds is 2. The van der Waals surface area contributed by atoms with Gasteiger partial charge in [-0.15, -0.1) is 0 Å². The monoisotopic (exact) mass is 289 g/mol. The van der Waals surface area contributed by atoms with Crippen LogP contribution in [0.1, 0.15) is 34.1 Å². The van der Waals surface area contributed by atoms with E-state index >= 15 is 0 Å². The predicted octanol–water partition coefficient (Wildman–Crippen LogP) is 1.81. The number of benzene rings is 1. The number of aliphatic hydroxyl groups excluding tert-OH is 1. The standard InChI is InChI=1S/C15H16FN3O2/c1-9-13(7-17-18-9)15(21)19-8-12(20)6-14(19)10-3-2-4-11(16)5-10/h2-5,7,12,14,20H,6,8H2,1H3,(H,17,18). The van der Waals surface area contributed by atoms with Crippen LogP contribution in [0.2, 0.25) is 0 Å². The minimum absolute atomic E-state index is 0.202. The van der Waals surface area contributed by atoms with Gasteiger partial charge in [0.25, 0.3) is 5.91 Å². The Morgan fingerprint density at radius 2 is 2.33 bits per heavy atom. The van der Waals surface area contributed by atoms with Crippen molar-refractivity contribution in [2.45, 2.75) is 25.5 Å². The third-order valence-electron chi connectivity index (χ3n) is 3.83. The highest BCUT2D eigenvalue weighted by molar-refractivity contribution is 5.95. The number of halogens is 1. The summed E-state index contributed by atoms with van der Waals surface area (Å²) in [6.07, 6.45) is 1.28. The van der Waals surface area contributed by atoms with Crippen LogP contribution in [0.25, 0.3) is 0 Å². The summed E-state index contributed by atoms with van der Waals surface area (Å²) in [4.78, 5) is 14.2. The number of aryl methyl sites for hydroxylation is 1. The minimum Gasteiger partial charge on any atom is -0.391 e. The minimum atomic E-state index is -0.602. The van der Waals surface area contributed by atoms with Crippen LogP contribution in [0.3, 0.4) is 0 Å². The molecule has 0 saturated carbocycles. The van der Waals surface area contributed by atoms with Gasteiger partial charge in [0, 0.05) is 12.2 Å². The number of amides is 1. The summed E-state index contributed by atoms with van der Waals surface area (Å²) < 4.78 is 13.4. The Morgan fingerprint density at radius 3 is 3.00 bits per heavy atom. The Bertz CT molecular complexity index is 670. The highest BCUT2D eigenvalue weighted by Gasteiger charge is 2.36. The van der Waals surface area contributed by atoms with E-state index < -0.39 is 6.10 Å². The average Bonchev–Trinajstić information content (AvgIpc) is 3.04. The van der Waals surface area contributed by atoms with Crippen LogP contribution in [0.4, 0.5) is 4.39 Å². The van der Waals surface area contributed by atoms with Gasteiger partial charge in [0.15, 0.2) is 0 Å². The van der Waals surface area contributed by atoms with Gasteiger partial charge in [-0.2, -0.15) is 5.10 Å². The lowest BCUT2D eigenvalue weighted by Gasteiger charge is -2.24. The lowest BCUT2D eigenvalue weighted by molar-refractivity contribution is 0.0715. The molecule has 0 radical (unpaired) electrons. The highest BCUT2D eigenvalue weighted by Crippen LogP contribution is 2.33. The maximum atomic E-state index is 13.4. The van der Waals surface area contributed by atoms with Crippen LogP contribution in [-0.2, 0) is 0 Å². The van der Waals surface area contributed by atoms with E-state index in [1.165, 1.54) is 18.3 Å². The molecule has 1 saturated heterocycles. The van der Waals surface area contributed by atoms with Crippen LogP contribution in [-0.4, -0.2) is 38.8 Å². The molecule has 21 heavy (non-hydrogen) atoms. The summed E-state index contributed by atoms with van der Waals surface area (Å²) in [6.45, 7) is 2.01. The van der Waals surface area contributed by atoms with Crippen molar-refractivity contribution >= 4 is 5.91 Å². The van der Waals surface area contributed by atoms with E-state index in [1.807, 2.05) is 0 Å². The first kappa shape index (κ1) is 13.8. The zero-order chi connectivity index (χ0) is 15.0. The van der Waals surface area contributed by atoms with Crippen molar-refractivity contribution in [3.8, 4) is 0 Å². The van der Waals surface area contributed by atoms with Crippen LogP contribution in [0.15, 0.2) is 30.5 Å². The summed E-state index contributed by atoms with van der Waals surface area (Å²) in [5, 5.41) is 16.5. The molecule has 0 bridgehead atoms. The summed E-state index contributed by atoms with van der Waals surface area (Å²) >= 11 is 0. The molecule has 6 heteroatoms. The van der Waals surface area contributed by atoms with Gasteiger partial charge in [0.05, 0.1) is 23.9 Å². The molecule has 0 spiro atoms. The predicted molar refractivity (Wildman–Crippen MR) is 74.1 cm³/mol. The normalized spacial score (nSPS) is 21.8. The molecule has 1 amide bonds. The maximum absolute atomic E-state index is 13.4. The fourth-order valence-electron chi connectivity index (χ4n) is 2.79. The lowest BCUT2D eigenvalue weighted by atomic mass is 10.0. The fraction of sp³-hybridized carbons (Fsp3) is 0.333. The Kier molecular flexibility index (Phi) is 3.47. The van der Waals surface area contributed by atoms with Crippen molar-refractivity contribution in [1.29, 1.82) is 0 Å². The molecule has 1 aliphatic heterocycles. The van der Waals surface area contributed by atoms with Crippen LogP contribution >= 0.6 is 0 Å². The number of likely N-dealkylation sites (tertiary alicyclic amines) is 1. The summed E-state index contributed by atoms with van der Waals surface area (Å²) in [5.41, 5.74) is 1.85. The summed E-state index contributed by atoms with van der Waals surface area (Å²) in [6, 6.07) is 5.83. The lowest BCUT2D eigenvalue weighted by Crippen LogP contribution is -2.32. The van der Waals surface area contributed by atoms with Crippen LogP contribution in [0.5, 0.6) is 0 Å². The number of carbonyl (C=O) groups is 1. The first-order chi connectivity index (χ1) is 10.1. The SMILES string of the molecule is Cc1[nH]ncc1C(=O)N1CC(O)CC1c1cccc(F)c1. The van der Waals surface area contributed by atoms with Crippen molar-refractivity contribution in [2.24, 2.45) is 0 Å². The second kappa shape index (κ2) is 5.29. The number of aromatic amines is 1. The molecule has 0 aliphatic carbocycles. The zero-order valence-electron chi connectivity index (χ0n) is 11.6. The smallest absolute Gasteiger partial charge is 0.257 e. The van der Waals surface area contributed by atoms with E-state index in [4.69, 9.17) is 0 Å². The van der Waals surface area contributed by atoms with Crippen molar-refractivity contribution in [2.75, 3.05) is 6.54 Å². The van der Waals surface area contributed by atoms with Gasteiger partial charge in [-0.25, -0.2) is 4.39 Å². The van der Waals surface area contributed by atoms with Gasteiger partial charge >= 0.3 is 0 Å². The zero-order valence-corrected chi connectivity index (χ0v) is 11.6. The van der Waals surface area contributed by atoms with E-state index in [1.54, 1.807) is 24.0 Å². The summed E-state index contributed by atoms with van der Waals surface area (Å²) in [5.74, 6) is -0.548. The Morgan fingerprint density at radius 1 is 1.52 bits per heavy atom. The quantitative estimate of drug-likeness (QED) is 0.886. The third-order valence-corrected chi connectivity index (χ3v) is 3.83. The summed E-state index contributed by atoms with van der Waals surface area (Å²) in [7, 11) is 0. The van der Waals surface area contributed by atoms with Gasteiger partial charge in [-0.1, -0.05) is 12.1 Å². The van der Waals surface area contributed by atoms with Crippen molar-refractivity contribution < 1.29 is 14.3 Å². The second-order valence-electron chi connectivity index (χ2n) is 5.33. The van der Waals surface area contributed by atoms with Crippen LogP contribution in [0, 0.1) is 12.7 Å². The first-order valence-corrected chi connectivity index (χ1v) is 6.80. The first-order valence-electron chi connectivity index (χ1n) is 6.80. The molecule has 1 aromatic heterocycles. The molecule has 1 aromatic carbocycles. The van der Waals surface area contributed by atoms with Gasteiger partial charge < -0.3 is 10.0 Å². The molecule has 2 atom stereocenters. The molecule has 2 N–H and O–H groups in total. The topological polar surface area (TPSA) is 69.2 Å². The fourth-order valence-corrected chi connectivity index (χ4v) is 2.79. The number of hydrogen-bond acceptors (Lipinski definition) is 3. The molecule has 1 aliphatic rings. The number of β-amino-alcohol motifs (C(OH)–C–C–N with tert-alkyl or cyclic N) is 1. The molecular weight excluding hydrogens is 273 g/mol. The largest absolute Gasteiger partial charge is 0.391 e. The van der Waals surface area contributed by atoms with E-state index in [0.29, 0.717) is 23.2 Å². The van der Waals surface area contributed by atoms with Crippen molar-refractivity contribution in [3.05, 3.63) is 53.1 Å².